The molecule has 2 aromatic carbocycles. The third kappa shape index (κ3) is 6.16. The summed E-state index contributed by atoms with van der Waals surface area (Å²) in [5, 5.41) is 0. The summed E-state index contributed by atoms with van der Waals surface area (Å²) in [6.07, 6.45) is -9.88. The van der Waals surface area contributed by atoms with Gasteiger partial charge < -0.3 is 15.5 Å². The third-order valence-electron chi connectivity index (χ3n) is 6.10. The molecule has 1 fully saturated rings. The lowest BCUT2D eigenvalue weighted by atomic mass is 9.79. The Bertz CT molecular complexity index is 1100. The van der Waals surface area contributed by atoms with Crippen LogP contribution >= 0.6 is 0 Å². The quantitative estimate of drug-likeness (QED) is 0.497. The standard InChI is InChI=1S/C24H23F6N3O3/c1-32(12-14-9-16(23(25,26)27)11-17(10-14)24(28,29)30)21(35)18-7-8-33(22(36)20(31)34)13-19(18)15-5-3-2-4-6-15/h2-6,9-11,18-19H,7-8,12-13H2,1H3,(H2,31,34). The Morgan fingerprint density at radius 2 is 1.53 bits per heavy atom. The molecule has 0 aliphatic carbocycles. The number of amides is 3. The fourth-order valence-electron chi connectivity index (χ4n) is 4.37. The van der Waals surface area contributed by atoms with Crippen LogP contribution in [0.3, 0.4) is 0 Å². The second-order valence-corrected chi connectivity index (χ2v) is 8.64. The zero-order valence-electron chi connectivity index (χ0n) is 19.1. The topological polar surface area (TPSA) is 83.7 Å². The van der Waals surface area contributed by atoms with Gasteiger partial charge in [-0.2, -0.15) is 26.3 Å². The first-order valence-electron chi connectivity index (χ1n) is 10.9. The molecule has 194 valence electrons. The first-order chi connectivity index (χ1) is 16.7. The number of carbonyl (C=O) groups excluding carboxylic acids is 3. The molecule has 36 heavy (non-hydrogen) atoms. The number of carbonyl (C=O) groups is 3. The largest absolute Gasteiger partial charge is 0.416 e. The van der Waals surface area contributed by atoms with Gasteiger partial charge in [0.15, 0.2) is 0 Å². The number of nitrogens with two attached hydrogens (primary N) is 1. The van der Waals surface area contributed by atoms with E-state index in [2.05, 4.69) is 0 Å². The second kappa shape index (κ2) is 10.2. The number of halogens is 6. The molecule has 0 aromatic heterocycles. The molecule has 0 bridgehead atoms. The van der Waals surface area contributed by atoms with Crippen LogP contribution in [-0.2, 0) is 33.3 Å². The average Bonchev–Trinajstić information content (AvgIpc) is 2.82. The van der Waals surface area contributed by atoms with Gasteiger partial charge in [-0.25, -0.2) is 0 Å². The number of likely N-dealkylation sites (tertiary alicyclic amines) is 1. The third-order valence-corrected chi connectivity index (χ3v) is 6.10. The molecule has 2 atom stereocenters. The predicted molar refractivity (Wildman–Crippen MR) is 116 cm³/mol. The summed E-state index contributed by atoms with van der Waals surface area (Å²) in [7, 11) is 1.29. The maximum absolute atomic E-state index is 13.3. The van der Waals surface area contributed by atoms with Crippen LogP contribution in [0.15, 0.2) is 48.5 Å². The Hall–Kier alpha value is -3.57. The number of alkyl halides is 6. The van der Waals surface area contributed by atoms with E-state index in [9.17, 15) is 40.7 Å². The van der Waals surface area contributed by atoms with Crippen LogP contribution in [0.2, 0.25) is 0 Å². The Labute approximate surface area is 202 Å². The van der Waals surface area contributed by atoms with Crippen LogP contribution in [0.4, 0.5) is 26.3 Å². The van der Waals surface area contributed by atoms with E-state index in [4.69, 9.17) is 5.73 Å². The minimum atomic E-state index is -5.00. The SMILES string of the molecule is CN(Cc1cc(C(F)(F)F)cc(C(F)(F)F)c1)C(=O)C1CCN(C(=O)C(N)=O)CC1c1ccccc1. The van der Waals surface area contributed by atoms with E-state index >= 15 is 0 Å². The summed E-state index contributed by atoms with van der Waals surface area (Å²) in [6, 6.07) is 9.84. The number of piperidine rings is 1. The minimum Gasteiger partial charge on any atom is -0.361 e. The van der Waals surface area contributed by atoms with Crippen LogP contribution in [0.25, 0.3) is 0 Å². The Balaban J connectivity index is 1.88. The van der Waals surface area contributed by atoms with Gasteiger partial charge in [-0.15, -0.1) is 0 Å². The van der Waals surface area contributed by atoms with Crippen molar-refractivity contribution in [3.05, 3.63) is 70.8 Å². The van der Waals surface area contributed by atoms with Gasteiger partial charge in [0.1, 0.15) is 0 Å². The van der Waals surface area contributed by atoms with Crippen molar-refractivity contribution in [3.8, 4) is 0 Å². The lowest BCUT2D eigenvalue weighted by Crippen LogP contribution is -2.50. The van der Waals surface area contributed by atoms with E-state index in [-0.39, 0.29) is 31.1 Å². The molecule has 0 spiro atoms. The first kappa shape index (κ1) is 27.0. The van der Waals surface area contributed by atoms with E-state index in [1.54, 1.807) is 30.3 Å². The number of hydrogen-bond donors (Lipinski definition) is 1. The first-order valence-corrected chi connectivity index (χ1v) is 10.9. The van der Waals surface area contributed by atoms with Gasteiger partial charge in [-0.3, -0.25) is 14.4 Å². The van der Waals surface area contributed by atoms with Crippen LogP contribution in [0.1, 0.15) is 34.6 Å². The maximum atomic E-state index is 13.3. The van der Waals surface area contributed by atoms with Gasteiger partial charge in [0.2, 0.25) is 5.91 Å². The van der Waals surface area contributed by atoms with Crippen molar-refractivity contribution in [2.75, 3.05) is 20.1 Å². The molecule has 12 heteroatoms. The average molecular weight is 515 g/mol. The summed E-state index contributed by atoms with van der Waals surface area (Å²) in [5.41, 5.74) is 2.53. The van der Waals surface area contributed by atoms with Gasteiger partial charge >= 0.3 is 24.2 Å². The lowest BCUT2D eigenvalue weighted by Gasteiger charge is -2.39. The summed E-state index contributed by atoms with van der Waals surface area (Å²) in [4.78, 5) is 39.1. The van der Waals surface area contributed by atoms with Crippen LogP contribution in [-0.4, -0.2) is 47.7 Å². The smallest absolute Gasteiger partial charge is 0.361 e. The highest BCUT2D eigenvalue weighted by Crippen LogP contribution is 2.37. The highest BCUT2D eigenvalue weighted by atomic mass is 19.4. The van der Waals surface area contributed by atoms with Crippen LogP contribution in [0.5, 0.6) is 0 Å². The van der Waals surface area contributed by atoms with Gasteiger partial charge in [0, 0.05) is 38.5 Å². The van der Waals surface area contributed by atoms with E-state index in [0.717, 1.165) is 4.90 Å². The summed E-state index contributed by atoms with van der Waals surface area (Å²) < 4.78 is 79.2. The number of nitrogens with zero attached hydrogens (tertiary/aromatic N) is 2. The molecule has 3 rings (SSSR count). The molecule has 6 nitrogen and oxygen atoms in total. The highest BCUT2D eigenvalue weighted by molar-refractivity contribution is 6.34. The zero-order valence-corrected chi connectivity index (χ0v) is 19.1. The van der Waals surface area contributed by atoms with E-state index in [0.29, 0.717) is 17.7 Å². The monoisotopic (exact) mass is 515 g/mol. The lowest BCUT2D eigenvalue weighted by molar-refractivity contribution is -0.147. The van der Waals surface area contributed by atoms with Gasteiger partial charge in [0.05, 0.1) is 11.1 Å². The maximum Gasteiger partial charge on any atom is 0.416 e. The molecule has 1 saturated heterocycles. The molecular formula is C24H23F6N3O3. The van der Waals surface area contributed by atoms with Crippen molar-refractivity contribution in [2.45, 2.75) is 31.2 Å². The van der Waals surface area contributed by atoms with Crippen molar-refractivity contribution in [3.63, 3.8) is 0 Å². The van der Waals surface area contributed by atoms with Crippen molar-refractivity contribution < 1.29 is 40.7 Å². The van der Waals surface area contributed by atoms with Gasteiger partial charge in [-0.1, -0.05) is 30.3 Å². The fourth-order valence-corrected chi connectivity index (χ4v) is 4.37. The predicted octanol–water partition coefficient (Wildman–Crippen LogP) is 3.80. The number of benzene rings is 2. The normalized spacial score (nSPS) is 18.6. The molecule has 3 amide bonds. The van der Waals surface area contributed by atoms with Gasteiger partial charge in [0.25, 0.3) is 0 Å². The van der Waals surface area contributed by atoms with Crippen molar-refractivity contribution in [1.29, 1.82) is 0 Å². The van der Waals surface area contributed by atoms with Crippen LogP contribution < -0.4 is 5.73 Å². The van der Waals surface area contributed by atoms with Gasteiger partial charge in [-0.05, 0) is 35.7 Å². The van der Waals surface area contributed by atoms with Crippen molar-refractivity contribution in [1.82, 2.24) is 9.80 Å². The fraction of sp³-hybridized carbons (Fsp3) is 0.375. The Morgan fingerprint density at radius 1 is 0.972 bits per heavy atom. The number of hydrogen-bond acceptors (Lipinski definition) is 3. The number of primary amides is 1. The van der Waals surface area contributed by atoms with Crippen molar-refractivity contribution >= 4 is 17.7 Å². The Kier molecular flexibility index (Phi) is 7.65. The molecule has 1 aliphatic heterocycles. The summed E-state index contributed by atoms with van der Waals surface area (Å²) in [6.45, 7) is -0.456. The highest BCUT2D eigenvalue weighted by Gasteiger charge is 2.40. The van der Waals surface area contributed by atoms with E-state index < -0.39 is 59.6 Å². The molecule has 1 aliphatic rings. The Morgan fingerprint density at radius 3 is 2.03 bits per heavy atom. The molecule has 0 radical (unpaired) electrons. The summed E-state index contributed by atoms with van der Waals surface area (Å²) in [5.74, 6) is -3.86. The molecule has 2 N–H and O–H groups in total. The number of rotatable bonds is 4. The molecule has 2 aromatic rings. The summed E-state index contributed by atoms with van der Waals surface area (Å²) >= 11 is 0. The van der Waals surface area contributed by atoms with E-state index in [1.165, 1.54) is 11.9 Å². The van der Waals surface area contributed by atoms with Crippen molar-refractivity contribution in [2.24, 2.45) is 11.7 Å². The molecule has 2 unspecified atom stereocenters. The zero-order chi connectivity index (χ0) is 26.8. The second-order valence-electron chi connectivity index (χ2n) is 8.64. The minimum absolute atomic E-state index is 0.00217. The van der Waals surface area contributed by atoms with E-state index in [1.807, 2.05) is 0 Å². The molecule has 0 saturated carbocycles. The molecular weight excluding hydrogens is 492 g/mol. The molecule has 1 heterocycles. The van der Waals surface area contributed by atoms with Crippen LogP contribution in [0, 0.1) is 5.92 Å².